The highest BCUT2D eigenvalue weighted by Gasteiger charge is 2.25. The molecule has 4 nitrogen and oxygen atoms in total. The number of aliphatic carboxylic acids is 1. The minimum absolute atomic E-state index is 0.126. The van der Waals surface area contributed by atoms with E-state index in [1.54, 1.807) is 0 Å². The van der Waals surface area contributed by atoms with Crippen molar-refractivity contribution >= 4 is 21.9 Å². The van der Waals surface area contributed by atoms with Gasteiger partial charge < -0.3 is 15.3 Å². The normalized spacial score (nSPS) is 14.4. The van der Waals surface area contributed by atoms with E-state index >= 15 is 0 Å². The Morgan fingerprint density at radius 2 is 1.88 bits per heavy atom. The lowest BCUT2D eigenvalue weighted by atomic mass is 10.0. The molecule has 0 aliphatic rings. The van der Waals surface area contributed by atoms with Gasteiger partial charge in [0.05, 0.1) is 17.0 Å². The van der Waals surface area contributed by atoms with Crippen LogP contribution in [0.3, 0.4) is 0 Å². The number of halogens is 3. The first-order chi connectivity index (χ1) is 7.82. The van der Waals surface area contributed by atoms with Crippen molar-refractivity contribution in [3.8, 4) is 0 Å². The number of hydrogen-bond donors (Lipinski definition) is 3. The molecule has 0 saturated carbocycles. The van der Waals surface area contributed by atoms with Crippen LogP contribution in [0.15, 0.2) is 16.6 Å². The highest BCUT2D eigenvalue weighted by atomic mass is 79.9. The van der Waals surface area contributed by atoms with Crippen LogP contribution in [-0.4, -0.2) is 27.4 Å². The van der Waals surface area contributed by atoms with Gasteiger partial charge in [-0.15, -0.1) is 0 Å². The van der Waals surface area contributed by atoms with E-state index < -0.39 is 41.8 Å². The summed E-state index contributed by atoms with van der Waals surface area (Å²) in [6.07, 6.45) is -4.27. The number of hydrogen-bond acceptors (Lipinski definition) is 3. The highest BCUT2D eigenvalue weighted by Crippen LogP contribution is 2.26. The van der Waals surface area contributed by atoms with Gasteiger partial charge >= 0.3 is 5.97 Å². The Balaban J connectivity index is 2.99. The number of carboxylic acids is 1. The van der Waals surface area contributed by atoms with Gasteiger partial charge in [0.1, 0.15) is 17.7 Å². The van der Waals surface area contributed by atoms with Crippen molar-refractivity contribution in [3.05, 3.63) is 33.8 Å². The smallest absolute Gasteiger partial charge is 0.306 e. The van der Waals surface area contributed by atoms with Gasteiger partial charge in [-0.05, 0) is 28.1 Å². The summed E-state index contributed by atoms with van der Waals surface area (Å²) in [7, 11) is 0. The quantitative estimate of drug-likeness (QED) is 0.738. The molecule has 0 saturated heterocycles. The van der Waals surface area contributed by atoms with E-state index in [4.69, 9.17) is 5.11 Å². The molecule has 0 aromatic heterocycles. The Labute approximate surface area is 104 Å². The lowest BCUT2D eigenvalue weighted by Gasteiger charge is -2.17. The van der Waals surface area contributed by atoms with Gasteiger partial charge in [-0.2, -0.15) is 0 Å². The second kappa shape index (κ2) is 5.52. The molecule has 0 heterocycles. The average Bonchev–Trinajstić information content (AvgIpc) is 2.21. The van der Waals surface area contributed by atoms with Gasteiger partial charge in [-0.3, -0.25) is 4.79 Å². The maximum atomic E-state index is 13.4. The minimum atomic E-state index is -1.80. The summed E-state index contributed by atoms with van der Waals surface area (Å²) in [5.41, 5.74) is -0.487. The summed E-state index contributed by atoms with van der Waals surface area (Å²) in [5, 5.41) is 27.2. The van der Waals surface area contributed by atoms with Crippen LogP contribution in [0.2, 0.25) is 0 Å². The molecule has 1 aromatic carbocycles. The van der Waals surface area contributed by atoms with Crippen LogP contribution >= 0.6 is 15.9 Å². The van der Waals surface area contributed by atoms with Crippen LogP contribution in [0.4, 0.5) is 8.78 Å². The number of carbonyl (C=O) groups is 1. The summed E-state index contributed by atoms with van der Waals surface area (Å²) < 4.78 is 26.4. The Bertz CT molecular complexity index is 439. The molecular weight excluding hydrogens is 302 g/mol. The number of benzene rings is 1. The molecule has 0 amide bonds. The molecule has 3 N–H and O–H groups in total. The Morgan fingerprint density at radius 3 is 2.41 bits per heavy atom. The molecule has 2 atom stereocenters. The molecule has 1 rings (SSSR count). The first-order valence-corrected chi connectivity index (χ1v) is 5.34. The predicted molar refractivity (Wildman–Crippen MR) is 57.3 cm³/mol. The SMILES string of the molecule is O=C(O)CC(O)C(O)c1cc(F)c(Br)cc1F. The zero-order chi connectivity index (χ0) is 13.2. The molecule has 94 valence electrons. The molecule has 0 spiro atoms. The zero-order valence-corrected chi connectivity index (χ0v) is 9.99. The molecule has 7 heteroatoms. The van der Waals surface area contributed by atoms with Crippen molar-refractivity contribution in [2.75, 3.05) is 0 Å². The number of aliphatic hydroxyl groups is 2. The van der Waals surface area contributed by atoms with E-state index in [1.165, 1.54) is 0 Å². The Hall–Kier alpha value is -1.05. The summed E-state index contributed by atoms with van der Waals surface area (Å²) in [4.78, 5) is 10.3. The van der Waals surface area contributed by atoms with Crippen LogP contribution in [-0.2, 0) is 4.79 Å². The fraction of sp³-hybridized carbons (Fsp3) is 0.300. The van der Waals surface area contributed by atoms with Crippen molar-refractivity contribution in [1.29, 1.82) is 0 Å². The van der Waals surface area contributed by atoms with Crippen molar-refractivity contribution in [2.45, 2.75) is 18.6 Å². The molecule has 1 aromatic rings. The van der Waals surface area contributed by atoms with Crippen molar-refractivity contribution in [3.63, 3.8) is 0 Å². The average molecular weight is 311 g/mol. The fourth-order valence-electron chi connectivity index (χ4n) is 1.26. The summed E-state index contributed by atoms with van der Waals surface area (Å²) in [6, 6.07) is 1.50. The molecular formula is C10H9BrF2O4. The van der Waals surface area contributed by atoms with E-state index in [2.05, 4.69) is 15.9 Å². The van der Waals surface area contributed by atoms with Crippen molar-refractivity contribution in [1.82, 2.24) is 0 Å². The summed E-state index contributed by atoms with van der Waals surface area (Å²) >= 11 is 2.75. The van der Waals surface area contributed by atoms with Gasteiger partial charge in [0.25, 0.3) is 0 Å². The third-order valence-electron chi connectivity index (χ3n) is 2.11. The van der Waals surface area contributed by atoms with Gasteiger partial charge in [0.2, 0.25) is 0 Å². The second-order valence-corrected chi connectivity index (χ2v) is 4.25. The van der Waals surface area contributed by atoms with Crippen LogP contribution in [0.1, 0.15) is 18.1 Å². The van der Waals surface area contributed by atoms with Crippen molar-refractivity contribution < 1.29 is 28.9 Å². The maximum absolute atomic E-state index is 13.4. The lowest BCUT2D eigenvalue weighted by Crippen LogP contribution is -2.22. The van der Waals surface area contributed by atoms with E-state index in [9.17, 15) is 23.8 Å². The van der Waals surface area contributed by atoms with Gasteiger partial charge in [0, 0.05) is 5.56 Å². The van der Waals surface area contributed by atoms with Gasteiger partial charge in [0.15, 0.2) is 0 Å². The van der Waals surface area contributed by atoms with Crippen LogP contribution in [0, 0.1) is 11.6 Å². The largest absolute Gasteiger partial charge is 0.481 e. The molecule has 17 heavy (non-hydrogen) atoms. The monoisotopic (exact) mass is 310 g/mol. The fourth-order valence-corrected chi connectivity index (χ4v) is 1.58. The Kier molecular flexibility index (Phi) is 4.55. The van der Waals surface area contributed by atoms with Gasteiger partial charge in [-0.25, -0.2) is 8.78 Å². The molecule has 0 bridgehead atoms. The van der Waals surface area contributed by atoms with Crippen molar-refractivity contribution in [2.24, 2.45) is 0 Å². The third kappa shape index (κ3) is 3.45. The highest BCUT2D eigenvalue weighted by molar-refractivity contribution is 9.10. The maximum Gasteiger partial charge on any atom is 0.306 e. The van der Waals surface area contributed by atoms with Crippen LogP contribution < -0.4 is 0 Å². The standard InChI is InChI=1S/C10H9BrF2O4/c11-5-2-6(12)4(1-7(5)13)10(17)8(14)3-9(15)16/h1-2,8,10,14,17H,3H2,(H,15,16). The lowest BCUT2D eigenvalue weighted by molar-refractivity contribution is -0.141. The summed E-state index contributed by atoms with van der Waals surface area (Å²) in [5.74, 6) is -3.10. The van der Waals surface area contributed by atoms with E-state index in [0.717, 1.165) is 6.07 Å². The van der Waals surface area contributed by atoms with Crippen LogP contribution in [0.25, 0.3) is 0 Å². The first kappa shape index (κ1) is 14.0. The zero-order valence-electron chi connectivity index (χ0n) is 8.40. The second-order valence-electron chi connectivity index (χ2n) is 3.40. The van der Waals surface area contributed by atoms with Crippen LogP contribution in [0.5, 0.6) is 0 Å². The van der Waals surface area contributed by atoms with E-state index in [1.807, 2.05) is 0 Å². The predicted octanol–water partition coefficient (Wildman–Crippen LogP) is 1.60. The Morgan fingerprint density at radius 1 is 1.29 bits per heavy atom. The van der Waals surface area contributed by atoms with E-state index in [-0.39, 0.29) is 4.47 Å². The molecule has 0 aliphatic carbocycles. The topological polar surface area (TPSA) is 77.8 Å². The molecule has 2 unspecified atom stereocenters. The summed E-state index contributed by atoms with van der Waals surface area (Å²) in [6.45, 7) is 0. The number of rotatable bonds is 4. The van der Waals surface area contributed by atoms with E-state index in [0.29, 0.717) is 6.07 Å². The number of aliphatic hydroxyl groups excluding tert-OH is 2. The first-order valence-electron chi connectivity index (χ1n) is 4.55. The van der Waals surface area contributed by atoms with Gasteiger partial charge in [-0.1, -0.05) is 0 Å². The number of carboxylic acid groups (broad SMARTS) is 1. The molecule has 0 radical (unpaired) electrons. The molecule has 0 fully saturated rings. The minimum Gasteiger partial charge on any atom is -0.481 e. The third-order valence-corrected chi connectivity index (χ3v) is 2.71. The molecule has 0 aliphatic heterocycles.